The molecule has 3 aromatic rings. The first-order valence-corrected chi connectivity index (χ1v) is 7.72. The van der Waals surface area contributed by atoms with Crippen molar-refractivity contribution >= 4 is 34.3 Å². The molecule has 24 heavy (non-hydrogen) atoms. The fourth-order valence-corrected chi connectivity index (χ4v) is 3.12. The molecule has 1 aromatic heterocycles. The van der Waals surface area contributed by atoms with Crippen LogP contribution >= 0.6 is 0 Å². The van der Waals surface area contributed by atoms with E-state index in [1.807, 2.05) is 30.3 Å². The Hall–Kier alpha value is -3.33. The summed E-state index contributed by atoms with van der Waals surface area (Å²) >= 11 is 0. The number of para-hydroxylation sites is 1. The highest BCUT2D eigenvalue weighted by Crippen LogP contribution is 2.31. The Morgan fingerprint density at radius 3 is 3.04 bits per heavy atom. The quantitative estimate of drug-likeness (QED) is 0.760. The van der Waals surface area contributed by atoms with E-state index in [4.69, 9.17) is 5.26 Å². The van der Waals surface area contributed by atoms with Gasteiger partial charge in [-0.25, -0.2) is 4.98 Å². The number of nitriles is 1. The SMILES string of the molecule is CC(=O)N1CCc2cc(Nc3nc4c(C#N)cccc4[nH]3)ccc21. The number of H-pyrrole nitrogens is 1. The number of aromatic amines is 1. The average Bonchev–Trinajstić information content (AvgIpc) is 3.17. The van der Waals surface area contributed by atoms with Crippen molar-refractivity contribution in [3.8, 4) is 6.07 Å². The molecule has 6 nitrogen and oxygen atoms in total. The van der Waals surface area contributed by atoms with Gasteiger partial charge in [-0.05, 0) is 42.3 Å². The molecule has 1 aliphatic heterocycles. The van der Waals surface area contributed by atoms with Crippen molar-refractivity contribution in [3.05, 3.63) is 47.5 Å². The molecule has 0 spiro atoms. The van der Waals surface area contributed by atoms with E-state index < -0.39 is 0 Å². The van der Waals surface area contributed by atoms with E-state index >= 15 is 0 Å². The van der Waals surface area contributed by atoms with Gasteiger partial charge in [0.25, 0.3) is 0 Å². The highest BCUT2D eigenvalue weighted by atomic mass is 16.2. The molecule has 118 valence electrons. The van der Waals surface area contributed by atoms with Gasteiger partial charge in [0, 0.05) is 24.8 Å². The highest BCUT2D eigenvalue weighted by Gasteiger charge is 2.22. The number of hydrogen-bond donors (Lipinski definition) is 2. The lowest BCUT2D eigenvalue weighted by Crippen LogP contribution is -2.25. The predicted octanol–water partition coefficient (Wildman–Crippen LogP) is 3.09. The number of imidazole rings is 1. The molecular weight excluding hydrogens is 302 g/mol. The van der Waals surface area contributed by atoms with Crippen molar-refractivity contribution in [3.63, 3.8) is 0 Å². The summed E-state index contributed by atoms with van der Waals surface area (Å²) < 4.78 is 0. The van der Waals surface area contributed by atoms with Gasteiger partial charge in [0.05, 0.1) is 11.1 Å². The van der Waals surface area contributed by atoms with E-state index in [0.29, 0.717) is 17.0 Å². The van der Waals surface area contributed by atoms with Gasteiger partial charge in [-0.2, -0.15) is 5.26 Å². The molecule has 2 N–H and O–H groups in total. The Balaban J connectivity index is 1.65. The lowest BCUT2D eigenvalue weighted by Gasteiger charge is -2.14. The highest BCUT2D eigenvalue weighted by molar-refractivity contribution is 5.94. The summed E-state index contributed by atoms with van der Waals surface area (Å²) in [5, 5.41) is 12.4. The van der Waals surface area contributed by atoms with Gasteiger partial charge in [0.15, 0.2) is 0 Å². The normalized spacial score (nSPS) is 12.9. The molecule has 0 saturated heterocycles. The third-order valence-corrected chi connectivity index (χ3v) is 4.25. The maximum atomic E-state index is 11.6. The fraction of sp³-hybridized carbons (Fsp3) is 0.167. The van der Waals surface area contributed by atoms with E-state index in [1.54, 1.807) is 17.9 Å². The molecule has 0 atom stereocenters. The number of aromatic nitrogens is 2. The van der Waals surface area contributed by atoms with Crippen molar-refractivity contribution in [2.45, 2.75) is 13.3 Å². The molecule has 0 bridgehead atoms. The predicted molar refractivity (Wildman–Crippen MR) is 92.3 cm³/mol. The first kappa shape index (κ1) is 14.3. The number of carbonyl (C=O) groups excluding carboxylic acids is 1. The molecule has 6 heteroatoms. The second-order valence-corrected chi connectivity index (χ2v) is 5.79. The van der Waals surface area contributed by atoms with Gasteiger partial charge in [0.2, 0.25) is 11.9 Å². The second-order valence-electron chi connectivity index (χ2n) is 5.79. The maximum Gasteiger partial charge on any atom is 0.223 e. The van der Waals surface area contributed by atoms with Crippen LogP contribution in [0.2, 0.25) is 0 Å². The molecule has 2 aromatic carbocycles. The molecular formula is C18H15N5O. The van der Waals surface area contributed by atoms with Crippen LogP contribution in [0.1, 0.15) is 18.1 Å². The Bertz CT molecular complexity index is 998. The third-order valence-electron chi connectivity index (χ3n) is 4.25. The molecule has 1 aliphatic rings. The van der Waals surface area contributed by atoms with Crippen LogP contribution in [0.15, 0.2) is 36.4 Å². The van der Waals surface area contributed by atoms with E-state index in [9.17, 15) is 4.79 Å². The number of nitrogens with one attached hydrogen (secondary N) is 2. The molecule has 0 fully saturated rings. The third kappa shape index (κ3) is 2.27. The van der Waals surface area contributed by atoms with Crippen molar-refractivity contribution < 1.29 is 4.79 Å². The zero-order chi connectivity index (χ0) is 16.7. The number of nitrogens with zero attached hydrogens (tertiary/aromatic N) is 3. The number of anilines is 3. The monoisotopic (exact) mass is 317 g/mol. The number of amides is 1. The van der Waals surface area contributed by atoms with Crippen LogP contribution in [0.4, 0.5) is 17.3 Å². The molecule has 0 saturated carbocycles. The lowest BCUT2D eigenvalue weighted by atomic mass is 10.1. The van der Waals surface area contributed by atoms with Crippen LogP contribution in [-0.2, 0) is 11.2 Å². The number of rotatable bonds is 2. The zero-order valence-electron chi connectivity index (χ0n) is 13.1. The fourth-order valence-electron chi connectivity index (χ4n) is 3.12. The minimum absolute atomic E-state index is 0.0655. The number of hydrogen-bond acceptors (Lipinski definition) is 4. The summed E-state index contributed by atoms with van der Waals surface area (Å²) in [6, 6.07) is 13.5. The number of carbonyl (C=O) groups is 1. The van der Waals surface area contributed by atoms with Gasteiger partial charge >= 0.3 is 0 Å². The maximum absolute atomic E-state index is 11.6. The van der Waals surface area contributed by atoms with Crippen molar-refractivity contribution in [1.82, 2.24) is 9.97 Å². The number of fused-ring (bicyclic) bond motifs is 2. The van der Waals surface area contributed by atoms with Crippen molar-refractivity contribution in [2.75, 3.05) is 16.8 Å². The van der Waals surface area contributed by atoms with Crippen molar-refractivity contribution in [1.29, 1.82) is 5.26 Å². The largest absolute Gasteiger partial charge is 0.326 e. The van der Waals surface area contributed by atoms with Gasteiger partial charge in [-0.1, -0.05) is 6.07 Å². The van der Waals surface area contributed by atoms with Crippen molar-refractivity contribution in [2.24, 2.45) is 0 Å². The summed E-state index contributed by atoms with van der Waals surface area (Å²) in [6.07, 6.45) is 0.850. The van der Waals surface area contributed by atoms with Gasteiger partial charge in [0.1, 0.15) is 11.6 Å². The Labute approximate surface area is 138 Å². The van der Waals surface area contributed by atoms with Gasteiger partial charge in [-0.15, -0.1) is 0 Å². The molecule has 0 unspecified atom stereocenters. The van der Waals surface area contributed by atoms with Gasteiger partial charge < -0.3 is 15.2 Å². The summed E-state index contributed by atoms with van der Waals surface area (Å²) in [6.45, 7) is 2.31. The minimum atomic E-state index is 0.0655. The first-order valence-electron chi connectivity index (χ1n) is 7.72. The van der Waals surface area contributed by atoms with Crippen LogP contribution in [0.25, 0.3) is 11.0 Å². The van der Waals surface area contributed by atoms with Crippen LogP contribution in [0, 0.1) is 11.3 Å². The van der Waals surface area contributed by atoms with Crippen LogP contribution in [0.3, 0.4) is 0 Å². The van der Waals surface area contributed by atoms with E-state index in [0.717, 1.165) is 35.4 Å². The Kier molecular flexibility index (Phi) is 3.21. The zero-order valence-corrected chi connectivity index (χ0v) is 13.1. The first-order chi connectivity index (χ1) is 11.7. The smallest absolute Gasteiger partial charge is 0.223 e. The Morgan fingerprint density at radius 2 is 2.25 bits per heavy atom. The van der Waals surface area contributed by atoms with Crippen LogP contribution < -0.4 is 10.2 Å². The molecule has 1 amide bonds. The number of benzene rings is 2. The lowest BCUT2D eigenvalue weighted by molar-refractivity contribution is -0.116. The van der Waals surface area contributed by atoms with E-state index in [1.165, 1.54) is 0 Å². The summed E-state index contributed by atoms with van der Waals surface area (Å²) in [4.78, 5) is 21.0. The second kappa shape index (κ2) is 5.39. The standard InChI is InChI=1S/C18H15N5O/c1-11(24)23-8-7-12-9-14(5-6-16(12)23)20-18-21-15-4-2-3-13(10-19)17(15)22-18/h2-6,9H,7-8H2,1H3,(H2,20,21,22). The summed E-state index contributed by atoms with van der Waals surface area (Å²) in [5.74, 6) is 0.657. The molecule has 4 rings (SSSR count). The minimum Gasteiger partial charge on any atom is -0.326 e. The molecule has 2 heterocycles. The van der Waals surface area contributed by atoms with Gasteiger partial charge in [-0.3, -0.25) is 4.79 Å². The van der Waals surface area contributed by atoms with Crippen LogP contribution in [-0.4, -0.2) is 22.4 Å². The van der Waals surface area contributed by atoms with Crippen LogP contribution in [0.5, 0.6) is 0 Å². The molecule has 0 radical (unpaired) electrons. The topological polar surface area (TPSA) is 84.8 Å². The average molecular weight is 317 g/mol. The van der Waals surface area contributed by atoms with E-state index in [2.05, 4.69) is 21.4 Å². The summed E-state index contributed by atoms with van der Waals surface area (Å²) in [5.41, 5.74) is 5.04. The molecule has 0 aliphatic carbocycles. The Morgan fingerprint density at radius 1 is 1.38 bits per heavy atom. The summed E-state index contributed by atoms with van der Waals surface area (Å²) in [7, 11) is 0. The van der Waals surface area contributed by atoms with E-state index in [-0.39, 0.29) is 5.91 Å².